The topological polar surface area (TPSA) is 8.17 Å². The van der Waals surface area contributed by atoms with Gasteiger partial charge in [-0.05, 0) is 136 Å². The average molecular weight is 757 g/mol. The van der Waals surface area contributed by atoms with Gasteiger partial charge in [-0.15, -0.1) is 0 Å². The van der Waals surface area contributed by atoms with Crippen molar-refractivity contribution in [1.82, 2.24) is 4.57 Å². The Hall–Kier alpha value is -7.16. The lowest BCUT2D eigenvalue weighted by molar-refractivity contribution is 0.666. The van der Waals surface area contributed by atoms with Gasteiger partial charge in [-0.25, -0.2) is 0 Å². The molecule has 59 heavy (non-hydrogen) atoms. The zero-order valence-electron chi connectivity index (χ0n) is 33.4. The second-order valence-corrected chi connectivity index (χ2v) is 16.3. The van der Waals surface area contributed by atoms with Crippen molar-refractivity contribution in [2.24, 2.45) is 5.92 Å². The van der Waals surface area contributed by atoms with E-state index in [1.54, 1.807) is 0 Å². The van der Waals surface area contributed by atoms with E-state index in [0.29, 0.717) is 5.92 Å². The molecule has 0 saturated carbocycles. The number of para-hydroxylation sites is 2. The molecule has 1 heterocycles. The van der Waals surface area contributed by atoms with Gasteiger partial charge in [0.2, 0.25) is 0 Å². The van der Waals surface area contributed by atoms with Crippen LogP contribution >= 0.6 is 0 Å². The molecule has 2 unspecified atom stereocenters. The van der Waals surface area contributed by atoms with Crippen LogP contribution in [0.3, 0.4) is 0 Å². The zero-order valence-corrected chi connectivity index (χ0v) is 33.4. The number of nitrogens with zero attached hydrogens (tertiary/aromatic N) is 2. The lowest BCUT2D eigenvalue weighted by Crippen LogP contribution is -2.24. The fourth-order valence-electron chi connectivity index (χ4n) is 9.72. The minimum atomic E-state index is -0.256. The molecule has 0 aliphatic heterocycles. The summed E-state index contributed by atoms with van der Waals surface area (Å²) in [6.07, 6.45) is 8.29. The molecule has 0 radical (unpaired) electrons. The van der Waals surface area contributed by atoms with E-state index < -0.39 is 0 Å². The molecule has 2 nitrogen and oxygen atoms in total. The van der Waals surface area contributed by atoms with Crippen molar-refractivity contribution >= 4 is 38.9 Å². The molecule has 282 valence electrons. The van der Waals surface area contributed by atoms with Crippen LogP contribution in [0.15, 0.2) is 218 Å². The van der Waals surface area contributed by atoms with Gasteiger partial charge in [-0.2, -0.15) is 0 Å². The van der Waals surface area contributed by atoms with Crippen LogP contribution < -0.4 is 4.90 Å². The van der Waals surface area contributed by atoms with Crippen LogP contribution in [0.25, 0.3) is 60.9 Å². The van der Waals surface area contributed by atoms with Gasteiger partial charge >= 0.3 is 0 Å². The highest BCUT2D eigenvalue weighted by Gasteiger charge is 2.42. The molecule has 1 aromatic heterocycles. The Labute approximate surface area is 346 Å². The predicted molar refractivity (Wildman–Crippen MR) is 249 cm³/mol. The highest BCUT2D eigenvalue weighted by atomic mass is 15.1. The number of hydrogen-bond donors (Lipinski definition) is 0. The molecule has 2 aliphatic rings. The normalized spacial score (nSPS) is 16.8. The number of allylic oxidation sites excluding steroid dienone is 4. The van der Waals surface area contributed by atoms with E-state index in [0.717, 1.165) is 23.5 Å². The van der Waals surface area contributed by atoms with E-state index in [9.17, 15) is 0 Å². The summed E-state index contributed by atoms with van der Waals surface area (Å²) in [7, 11) is 0. The van der Waals surface area contributed by atoms with E-state index in [2.05, 4.69) is 236 Å². The fourth-order valence-corrected chi connectivity index (χ4v) is 9.72. The minimum absolute atomic E-state index is 0.256. The van der Waals surface area contributed by atoms with Gasteiger partial charge in [0.05, 0.1) is 11.0 Å². The maximum Gasteiger partial charge on any atom is 0.0541 e. The van der Waals surface area contributed by atoms with Gasteiger partial charge < -0.3 is 9.47 Å². The molecule has 9 aromatic rings. The first-order valence-electron chi connectivity index (χ1n) is 20.8. The second-order valence-electron chi connectivity index (χ2n) is 16.3. The summed E-state index contributed by atoms with van der Waals surface area (Å²) in [6, 6.07) is 71.2. The third kappa shape index (κ3) is 5.78. The smallest absolute Gasteiger partial charge is 0.0541 e. The molecule has 8 aromatic carbocycles. The fraction of sp³-hybridized carbons (Fsp3) is 0.0877. The molecular formula is C57H44N2. The summed E-state index contributed by atoms with van der Waals surface area (Å²) in [4.78, 5) is 2.42. The first-order valence-corrected chi connectivity index (χ1v) is 20.8. The number of aromatic nitrogens is 1. The molecule has 0 bridgehead atoms. The predicted octanol–water partition coefficient (Wildman–Crippen LogP) is 15.4. The summed E-state index contributed by atoms with van der Waals surface area (Å²) in [6.45, 7) is 4.73. The third-order valence-electron chi connectivity index (χ3n) is 12.8. The SMILES string of the molecule is CC1C=CC(C2(C)c3ccccc3-c3ccc(N(c4ccc(-c5ccccc5)cc4)c4ccc(-c5ccc6c(c5)c5ccccc5n6-c5ccccc5)cc4)cc32)=CC1. The highest BCUT2D eigenvalue weighted by molar-refractivity contribution is 6.10. The number of fused-ring (bicyclic) bond motifs is 6. The quantitative estimate of drug-likeness (QED) is 0.157. The van der Waals surface area contributed by atoms with Gasteiger partial charge in [-0.3, -0.25) is 0 Å². The first-order chi connectivity index (χ1) is 29.0. The van der Waals surface area contributed by atoms with Gasteiger partial charge in [0, 0.05) is 38.9 Å². The van der Waals surface area contributed by atoms with E-state index >= 15 is 0 Å². The van der Waals surface area contributed by atoms with Crippen LogP contribution in [0.5, 0.6) is 0 Å². The number of benzene rings is 8. The number of rotatable bonds is 7. The largest absolute Gasteiger partial charge is 0.310 e. The Morgan fingerprint density at radius 2 is 1.07 bits per heavy atom. The molecule has 0 spiro atoms. The Balaban J connectivity index is 1.03. The van der Waals surface area contributed by atoms with Crippen LogP contribution in [-0.4, -0.2) is 4.57 Å². The molecular weight excluding hydrogens is 713 g/mol. The van der Waals surface area contributed by atoms with Crippen LogP contribution in [0.4, 0.5) is 17.1 Å². The van der Waals surface area contributed by atoms with Crippen LogP contribution in [0.1, 0.15) is 31.4 Å². The molecule has 11 rings (SSSR count). The third-order valence-corrected chi connectivity index (χ3v) is 12.8. The number of hydrogen-bond acceptors (Lipinski definition) is 1. The van der Waals surface area contributed by atoms with Gasteiger partial charge in [0.15, 0.2) is 0 Å². The summed E-state index contributed by atoms with van der Waals surface area (Å²) >= 11 is 0. The Kier molecular flexibility index (Phi) is 8.34. The molecule has 2 heteroatoms. The standard InChI is InChI=1S/C57H44N2/c1-39-21-28-44(29-22-39)57(2)53-19-11-9-17-49(53)50-35-34-48(38-54(50)57)58(46-30-23-41(24-31-46)40-13-5-3-6-14-40)47-32-25-42(26-33-47)43-27-36-56-52(37-43)51-18-10-12-20-55(51)59(56)45-15-7-4-8-16-45/h3-21,23-39H,22H2,1-2H3. The molecule has 0 N–H and O–H groups in total. The van der Waals surface area contributed by atoms with Gasteiger partial charge in [0.25, 0.3) is 0 Å². The van der Waals surface area contributed by atoms with Crippen molar-refractivity contribution in [3.63, 3.8) is 0 Å². The summed E-state index contributed by atoms with van der Waals surface area (Å²) < 4.78 is 2.38. The summed E-state index contributed by atoms with van der Waals surface area (Å²) in [5.41, 5.74) is 18.3. The Bertz CT molecular complexity index is 3080. The van der Waals surface area contributed by atoms with E-state index in [1.165, 1.54) is 77.6 Å². The number of anilines is 3. The summed E-state index contributed by atoms with van der Waals surface area (Å²) in [5.74, 6) is 0.554. The molecule has 0 fully saturated rings. The molecule has 0 saturated heterocycles. The lowest BCUT2D eigenvalue weighted by Gasteiger charge is -2.33. The van der Waals surface area contributed by atoms with Crippen LogP contribution in [0.2, 0.25) is 0 Å². The van der Waals surface area contributed by atoms with Crippen molar-refractivity contribution in [3.05, 3.63) is 229 Å². The minimum Gasteiger partial charge on any atom is -0.310 e. The van der Waals surface area contributed by atoms with Crippen LogP contribution in [0, 0.1) is 5.92 Å². The average Bonchev–Trinajstić information content (AvgIpc) is 3.77. The van der Waals surface area contributed by atoms with Gasteiger partial charge in [-0.1, -0.05) is 153 Å². The maximum atomic E-state index is 2.47. The Morgan fingerprint density at radius 1 is 0.492 bits per heavy atom. The monoisotopic (exact) mass is 756 g/mol. The lowest BCUT2D eigenvalue weighted by atomic mass is 9.71. The highest BCUT2D eigenvalue weighted by Crippen LogP contribution is 2.55. The maximum absolute atomic E-state index is 2.47. The molecule has 2 atom stereocenters. The van der Waals surface area contributed by atoms with E-state index in [-0.39, 0.29) is 5.41 Å². The van der Waals surface area contributed by atoms with Crippen molar-refractivity contribution < 1.29 is 0 Å². The van der Waals surface area contributed by atoms with Crippen molar-refractivity contribution in [1.29, 1.82) is 0 Å². The summed E-state index contributed by atoms with van der Waals surface area (Å²) in [5, 5.41) is 2.51. The van der Waals surface area contributed by atoms with Crippen LogP contribution in [-0.2, 0) is 5.41 Å². The van der Waals surface area contributed by atoms with E-state index in [4.69, 9.17) is 0 Å². The zero-order chi connectivity index (χ0) is 39.5. The van der Waals surface area contributed by atoms with E-state index in [1.807, 2.05) is 0 Å². The Morgan fingerprint density at radius 3 is 1.80 bits per heavy atom. The molecule has 2 aliphatic carbocycles. The van der Waals surface area contributed by atoms with Crippen molar-refractivity contribution in [2.75, 3.05) is 4.90 Å². The van der Waals surface area contributed by atoms with Crippen molar-refractivity contribution in [3.8, 4) is 39.1 Å². The van der Waals surface area contributed by atoms with Crippen molar-refractivity contribution in [2.45, 2.75) is 25.7 Å². The molecule has 0 amide bonds. The first kappa shape index (κ1) is 35.0. The second kappa shape index (κ2) is 14.0. The van der Waals surface area contributed by atoms with Gasteiger partial charge in [0.1, 0.15) is 0 Å².